The minimum absolute atomic E-state index is 0.376. The molecule has 0 radical (unpaired) electrons. The molecule has 6 heteroatoms. The van der Waals surface area contributed by atoms with E-state index in [1.165, 1.54) is 10.9 Å². The maximum absolute atomic E-state index is 10.2. The first-order valence-corrected chi connectivity index (χ1v) is 8.59. The zero-order chi connectivity index (χ0) is 16.4. The summed E-state index contributed by atoms with van der Waals surface area (Å²) in [6, 6.07) is 6.03. The van der Waals surface area contributed by atoms with Gasteiger partial charge in [0.25, 0.3) is 0 Å². The summed E-state index contributed by atoms with van der Waals surface area (Å²) in [6.07, 6.45) is 9.44. The fraction of sp³-hybridized carbons (Fsp3) is 0.444. The van der Waals surface area contributed by atoms with E-state index in [1.807, 2.05) is 24.5 Å². The Bertz CT molecular complexity index is 774. The molecular formula is C18H23N5O. The van der Waals surface area contributed by atoms with Crippen LogP contribution in [-0.4, -0.2) is 55.5 Å². The Hall–Kier alpha value is -2.18. The minimum Gasteiger partial charge on any atom is -0.390 e. The molecule has 24 heavy (non-hydrogen) atoms. The summed E-state index contributed by atoms with van der Waals surface area (Å²) in [7, 11) is 0. The van der Waals surface area contributed by atoms with Gasteiger partial charge >= 0.3 is 0 Å². The Labute approximate surface area is 141 Å². The summed E-state index contributed by atoms with van der Waals surface area (Å²) in [4.78, 5) is 10.0. The maximum atomic E-state index is 10.2. The van der Waals surface area contributed by atoms with Crippen LogP contribution in [0, 0.1) is 0 Å². The zero-order valence-electron chi connectivity index (χ0n) is 13.7. The highest BCUT2D eigenvalue weighted by Crippen LogP contribution is 2.32. The van der Waals surface area contributed by atoms with E-state index in [-0.39, 0.29) is 6.10 Å². The van der Waals surface area contributed by atoms with Gasteiger partial charge in [-0.3, -0.25) is 4.68 Å². The molecule has 0 bridgehead atoms. The van der Waals surface area contributed by atoms with Crippen molar-refractivity contribution >= 4 is 11.0 Å². The molecule has 3 aromatic heterocycles. The van der Waals surface area contributed by atoms with Crippen LogP contribution in [-0.2, 0) is 6.54 Å². The fourth-order valence-electron chi connectivity index (χ4n) is 3.72. The molecule has 1 fully saturated rings. The van der Waals surface area contributed by atoms with Crippen LogP contribution in [0.25, 0.3) is 11.0 Å². The van der Waals surface area contributed by atoms with Gasteiger partial charge < -0.3 is 15.0 Å². The summed E-state index contributed by atoms with van der Waals surface area (Å²) in [5, 5.41) is 15.6. The lowest BCUT2D eigenvalue weighted by Crippen LogP contribution is -2.39. The highest BCUT2D eigenvalue weighted by molar-refractivity contribution is 5.80. The normalized spacial score (nSPS) is 18.2. The summed E-state index contributed by atoms with van der Waals surface area (Å²) in [5.74, 6) is 0.572. The molecule has 2 N–H and O–H groups in total. The fourth-order valence-corrected chi connectivity index (χ4v) is 3.72. The van der Waals surface area contributed by atoms with Gasteiger partial charge in [-0.15, -0.1) is 0 Å². The molecule has 3 aromatic rings. The number of rotatable bonds is 5. The van der Waals surface area contributed by atoms with E-state index in [1.54, 1.807) is 10.9 Å². The largest absolute Gasteiger partial charge is 0.390 e. The van der Waals surface area contributed by atoms with Gasteiger partial charge in [-0.2, -0.15) is 5.10 Å². The molecule has 1 aliphatic heterocycles. The summed E-state index contributed by atoms with van der Waals surface area (Å²) in [5.41, 5.74) is 2.36. The number of aromatic amines is 1. The number of fused-ring (bicyclic) bond motifs is 1. The third kappa shape index (κ3) is 3.20. The molecule has 1 saturated heterocycles. The number of piperidine rings is 1. The van der Waals surface area contributed by atoms with E-state index < -0.39 is 0 Å². The molecule has 1 aliphatic rings. The first-order chi connectivity index (χ1) is 11.8. The Morgan fingerprint density at radius 1 is 1.21 bits per heavy atom. The van der Waals surface area contributed by atoms with Crippen molar-refractivity contribution in [2.24, 2.45) is 0 Å². The standard InChI is InChI=1S/C18H23N5O/c24-15(13-23-8-2-7-21-23)12-22-9-4-14(5-10-22)17-11-20-18-16(17)3-1-6-19-18/h1-3,6-8,11,14-15,24H,4-5,9-10,12-13H2,(H,19,20). The second-order valence-electron chi connectivity index (χ2n) is 6.60. The van der Waals surface area contributed by atoms with Crippen LogP contribution < -0.4 is 0 Å². The average molecular weight is 325 g/mol. The Balaban J connectivity index is 1.33. The van der Waals surface area contributed by atoms with Gasteiger partial charge in [0.15, 0.2) is 0 Å². The molecule has 4 heterocycles. The second-order valence-corrected chi connectivity index (χ2v) is 6.60. The average Bonchev–Trinajstić information content (AvgIpc) is 3.25. The molecule has 0 aromatic carbocycles. The van der Waals surface area contributed by atoms with E-state index >= 15 is 0 Å². The number of β-amino-alcohol motifs (C(OH)–C–C–N with tert-alkyl or cyclic N) is 1. The number of likely N-dealkylation sites (tertiary alicyclic amines) is 1. The molecule has 1 unspecified atom stereocenters. The van der Waals surface area contributed by atoms with Gasteiger partial charge in [0, 0.05) is 36.7 Å². The molecular weight excluding hydrogens is 302 g/mol. The van der Waals surface area contributed by atoms with Crippen molar-refractivity contribution in [1.82, 2.24) is 24.6 Å². The van der Waals surface area contributed by atoms with Gasteiger partial charge in [0.1, 0.15) is 5.65 Å². The van der Waals surface area contributed by atoms with Gasteiger partial charge in [0.2, 0.25) is 0 Å². The van der Waals surface area contributed by atoms with Gasteiger partial charge in [-0.05, 0) is 55.6 Å². The zero-order valence-corrected chi connectivity index (χ0v) is 13.7. The van der Waals surface area contributed by atoms with E-state index in [9.17, 15) is 5.11 Å². The quantitative estimate of drug-likeness (QED) is 0.753. The lowest BCUT2D eigenvalue weighted by atomic mass is 9.89. The molecule has 0 spiro atoms. The van der Waals surface area contributed by atoms with Crippen molar-refractivity contribution in [1.29, 1.82) is 0 Å². The van der Waals surface area contributed by atoms with Crippen LogP contribution in [0.2, 0.25) is 0 Å². The highest BCUT2D eigenvalue weighted by Gasteiger charge is 2.24. The Kier molecular flexibility index (Phi) is 4.32. The Morgan fingerprint density at radius 2 is 2.08 bits per heavy atom. The first-order valence-electron chi connectivity index (χ1n) is 8.59. The second kappa shape index (κ2) is 6.75. The number of hydrogen-bond donors (Lipinski definition) is 2. The van der Waals surface area contributed by atoms with E-state index in [4.69, 9.17) is 0 Å². The summed E-state index contributed by atoms with van der Waals surface area (Å²) < 4.78 is 1.79. The molecule has 4 rings (SSSR count). The number of nitrogens with zero attached hydrogens (tertiary/aromatic N) is 4. The van der Waals surface area contributed by atoms with E-state index in [2.05, 4.69) is 32.2 Å². The van der Waals surface area contributed by atoms with E-state index in [0.29, 0.717) is 19.0 Å². The van der Waals surface area contributed by atoms with Gasteiger partial charge in [-0.25, -0.2) is 4.98 Å². The van der Waals surface area contributed by atoms with Gasteiger partial charge in [-0.1, -0.05) is 0 Å². The van der Waals surface area contributed by atoms with Gasteiger partial charge in [0.05, 0.1) is 12.6 Å². The van der Waals surface area contributed by atoms with Crippen molar-refractivity contribution in [3.05, 3.63) is 48.5 Å². The number of pyridine rings is 1. The van der Waals surface area contributed by atoms with Crippen LogP contribution in [0.1, 0.15) is 24.3 Å². The topological polar surface area (TPSA) is 70.0 Å². The summed E-state index contributed by atoms with van der Waals surface area (Å²) in [6.45, 7) is 3.31. The number of aliphatic hydroxyl groups excluding tert-OH is 1. The maximum Gasteiger partial charge on any atom is 0.137 e. The highest BCUT2D eigenvalue weighted by atomic mass is 16.3. The number of nitrogens with one attached hydrogen (secondary N) is 1. The number of H-pyrrole nitrogens is 1. The van der Waals surface area contributed by atoms with E-state index in [0.717, 1.165) is 31.6 Å². The van der Waals surface area contributed by atoms with Crippen LogP contribution in [0.15, 0.2) is 43.0 Å². The third-order valence-corrected chi connectivity index (χ3v) is 4.94. The lowest BCUT2D eigenvalue weighted by Gasteiger charge is -2.33. The number of aromatic nitrogens is 4. The van der Waals surface area contributed by atoms with Crippen LogP contribution in [0.3, 0.4) is 0 Å². The van der Waals surface area contributed by atoms with Crippen molar-refractivity contribution in [3.8, 4) is 0 Å². The molecule has 0 aliphatic carbocycles. The van der Waals surface area contributed by atoms with Crippen molar-refractivity contribution < 1.29 is 5.11 Å². The SMILES string of the molecule is OC(CN1CCC(c2c[nH]c3ncccc23)CC1)Cn1cccn1. The van der Waals surface area contributed by atoms with Crippen LogP contribution in [0.4, 0.5) is 0 Å². The monoisotopic (exact) mass is 325 g/mol. The molecule has 0 saturated carbocycles. The number of hydrogen-bond acceptors (Lipinski definition) is 4. The van der Waals surface area contributed by atoms with Crippen LogP contribution in [0.5, 0.6) is 0 Å². The van der Waals surface area contributed by atoms with Crippen molar-refractivity contribution in [3.63, 3.8) is 0 Å². The Morgan fingerprint density at radius 3 is 2.88 bits per heavy atom. The number of aliphatic hydroxyl groups is 1. The third-order valence-electron chi connectivity index (χ3n) is 4.94. The summed E-state index contributed by atoms with van der Waals surface area (Å²) >= 11 is 0. The molecule has 0 amide bonds. The van der Waals surface area contributed by atoms with Crippen molar-refractivity contribution in [2.45, 2.75) is 31.4 Å². The molecule has 6 nitrogen and oxygen atoms in total. The predicted octanol–water partition coefficient (Wildman–Crippen LogP) is 2.00. The predicted molar refractivity (Wildman–Crippen MR) is 92.7 cm³/mol. The van der Waals surface area contributed by atoms with Crippen LogP contribution >= 0.6 is 0 Å². The smallest absolute Gasteiger partial charge is 0.137 e. The molecule has 126 valence electrons. The lowest BCUT2D eigenvalue weighted by molar-refractivity contribution is 0.0823. The first kappa shape index (κ1) is 15.4. The molecule has 1 atom stereocenters. The van der Waals surface area contributed by atoms with Crippen molar-refractivity contribution in [2.75, 3.05) is 19.6 Å². The minimum atomic E-state index is -0.376.